The number of thiocarbonyl (C=S) groups is 1. The molecule has 3 aromatic rings. The van der Waals surface area contributed by atoms with Crippen molar-refractivity contribution in [2.45, 2.75) is 0 Å². The van der Waals surface area contributed by atoms with Crippen LogP contribution in [0.15, 0.2) is 59.0 Å². The third-order valence-electron chi connectivity index (χ3n) is 3.05. The first-order valence-electron chi connectivity index (χ1n) is 6.33. The first-order valence-corrected chi connectivity index (χ1v) is 6.74. The lowest BCUT2D eigenvalue weighted by atomic mass is 10.2. The van der Waals surface area contributed by atoms with Gasteiger partial charge in [-0.25, -0.2) is 0 Å². The molecule has 0 radical (unpaired) electrons. The highest BCUT2D eigenvalue weighted by Crippen LogP contribution is 2.20. The largest absolute Gasteiger partial charge is 0.451 e. The number of fused-ring (bicyclic) bond motifs is 1. The molecule has 1 heterocycles. The molecule has 4 nitrogen and oxygen atoms in total. The van der Waals surface area contributed by atoms with Crippen molar-refractivity contribution in [3.63, 3.8) is 0 Å². The summed E-state index contributed by atoms with van der Waals surface area (Å²) in [7, 11) is 0. The number of rotatable bonds is 3. The lowest BCUT2D eigenvalue weighted by Crippen LogP contribution is -2.13. The molecule has 2 aromatic carbocycles. The van der Waals surface area contributed by atoms with E-state index in [0.717, 1.165) is 5.39 Å². The number of amides is 1. The molecule has 0 saturated heterocycles. The molecule has 0 unspecified atom stereocenters. The Kier molecular flexibility index (Phi) is 3.41. The fraction of sp³-hybridized carbons (Fsp3) is 0. The van der Waals surface area contributed by atoms with E-state index in [1.54, 1.807) is 30.3 Å². The van der Waals surface area contributed by atoms with E-state index in [-0.39, 0.29) is 16.7 Å². The van der Waals surface area contributed by atoms with Crippen molar-refractivity contribution in [1.29, 1.82) is 0 Å². The Hall–Kier alpha value is -2.66. The Morgan fingerprint density at radius 3 is 2.67 bits per heavy atom. The minimum Gasteiger partial charge on any atom is -0.451 e. The van der Waals surface area contributed by atoms with Crippen LogP contribution in [0, 0.1) is 0 Å². The molecule has 0 saturated carbocycles. The molecule has 3 rings (SSSR count). The van der Waals surface area contributed by atoms with Gasteiger partial charge < -0.3 is 15.5 Å². The molecular formula is C16H12N2O2S. The maximum absolute atomic E-state index is 12.2. The van der Waals surface area contributed by atoms with Crippen molar-refractivity contribution in [1.82, 2.24) is 0 Å². The molecule has 0 aliphatic carbocycles. The van der Waals surface area contributed by atoms with Gasteiger partial charge in [-0.2, -0.15) is 0 Å². The topological polar surface area (TPSA) is 68.3 Å². The second-order valence-electron chi connectivity index (χ2n) is 4.55. The Morgan fingerprint density at radius 1 is 1.10 bits per heavy atom. The molecule has 0 fully saturated rings. The number of benzene rings is 2. The third-order valence-corrected chi connectivity index (χ3v) is 3.29. The lowest BCUT2D eigenvalue weighted by Gasteiger charge is -2.05. The smallest absolute Gasteiger partial charge is 0.291 e. The van der Waals surface area contributed by atoms with E-state index in [0.29, 0.717) is 16.8 Å². The fourth-order valence-corrected chi connectivity index (χ4v) is 2.16. The van der Waals surface area contributed by atoms with Crippen LogP contribution >= 0.6 is 12.2 Å². The van der Waals surface area contributed by atoms with Gasteiger partial charge in [0, 0.05) is 16.6 Å². The molecule has 0 aliphatic rings. The second-order valence-corrected chi connectivity index (χ2v) is 4.99. The van der Waals surface area contributed by atoms with Crippen molar-refractivity contribution < 1.29 is 9.21 Å². The van der Waals surface area contributed by atoms with Crippen LogP contribution in [0.5, 0.6) is 0 Å². The molecule has 0 spiro atoms. The molecule has 5 heteroatoms. The van der Waals surface area contributed by atoms with Crippen molar-refractivity contribution in [2.75, 3.05) is 5.32 Å². The number of hydrogen-bond acceptors (Lipinski definition) is 3. The number of para-hydroxylation sites is 1. The maximum Gasteiger partial charge on any atom is 0.291 e. The van der Waals surface area contributed by atoms with E-state index in [2.05, 4.69) is 5.32 Å². The zero-order valence-electron chi connectivity index (χ0n) is 11.0. The summed E-state index contributed by atoms with van der Waals surface area (Å²) in [4.78, 5) is 12.5. The molecule has 1 amide bonds. The van der Waals surface area contributed by atoms with Crippen LogP contribution in [0.2, 0.25) is 0 Å². The number of carbonyl (C=O) groups is 1. The van der Waals surface area contributed by atoms with E-state index >= 15 is 0 Å². The fourth-order valence-electron chi connectivity index (χ4n) is 2.04. The summed E-state index contributed by atoms with van der Waals surface area (Å²) in [5, 5.41) is 3.66. The van der Waals surface area contributed by atoms with Crippen LogP contribution in [0.3, 0.4) is 0 Å². The minimum atomic E-state index is -0.314. The predicted octanol–water partition coefficient (Wildman–Crippen LogP) is 3.32. The third kappa shape index (κ3) is 2.78. The molecule has 0 aliphatic heterocycles. The summed E-state index contributed by atoms with van der Waals surface area (Å²) in [6.45, 7) is 0. The monoisotopic (exact) mass is 296 g/mol. The summed E-state index contributed by atoms with van der Waals surface area (Å²) in [5.74, 6) is -0.0526. The van der Waals surface area contributed by atoms with E-state index in [4.69, 9.17) is 22.4 Å². The van der Waals surface area contributed by atoms with Gasteiger partial charge >= 0.3 is 0 Å². The highest BCUT2D eigenvalue weighted by molar-refractivity contribution is 7.80. The van der Waals surface area contributed by atoms with Gasteiger partial charge in [0.05, 0.1) is 0 Å². The number of nitrogens with one attached hydrogen (secondary N) is 1. The quantitative estimate of drug-likeness (QED) is 0.728. The summed E-state index contributed by atoms with van der Waals surface area (Å²) < 4.78 is 5.52. The summed E-state index contributed by atoms with van der Waals surface area (Å²) in [5.41, 5.74) is 7.57. The zero-order chi connectivity index (χ0) is 14.8. The molecule has 3 N–H and O–H groups in total. The normalized spacial score (nSPS) is 10.5. The van der Waals surface area contributed by atoms with Crippen LogP contribution in [-0.4, -0.2) is 10.9 Å². The van der Waals surface area contributed by atoms with Crippen molar-refractivity contribution in [3.05, 3.63) is 65.9 Å². The van der Waals surface area contributed by atoms with Gasteiger partial charge in [0.25, 0.3) is 5.91 Å². The molecule has 104 valence electrons. The van der Waals surface area contributed by atoms with Crippen LogP contribution in [0.4, 0.5) is 5.69 Å². The van der Waals surface area contributed by atoms with Gasteiger partial charge in [-0.3, -0.25) is 4.79 Å². The highest BCUT2D eigenvalue weighted by atomic mass is 32.1. The minimum absolute atomic E-state index is 0.261. The number of carbonyl (C=O) groups excluding carboxylic acids is 1. The van der Waals surface area contributed by atoms with E-state index in [1.807, 2.05) is 24.3 Å². The SMILES string of the molecule is NC(=S)c1cccc(NC(=O)c2cc3ccccc3o2)c1. The Bertz CT molecular complexity index is 806. The standard InChI is InChI=1S/C16H12N2O2S/c17-15(21)11-5-3-6-12(8-11)18-16(19)14-9-10-4-1-2-7-13(10)20-14/h1-9H,(H2,17,21)(H,18,19). The molecule has 0 bridgehead atoms. The molecule has 0 atom stereocenters. The highest BCUT2D eigenvalue weighted by Gasteiger charge is 2.12. The average molecular weight is 296 g/mol. The number of anilines is 1. The average Bonchev–Trinajstić information content (AvgIpc) is 2.91. The summed E-state index contributed by atoms with van der Waals surface area (Å²) in [6.07, 6.45) is 0. The van der Waals surface area contributed by atoms with Crippen LogP contribution < -0.4 is 11.1 Å². The van der Waals surface area contributed by atoms with E-state index in [9.17, 15) is 4.79 Å². The Labute approximate surface area is 126 Å². The first-order chi connectivity index (χ1) is 10.1. The van der Waals surface area contributed by atoms with E-state index < -0.39 is 0 Å². The van der Waals surface area contributed by atoms with Crippen LogP contribution in [0.25, 0.3) is 11.0 Å². The van der Waals surface area contributed by atoms with Crippen molar-refractivity contribution >= 4 is 39.8 Å². The van der Waals surface area contributed by atoms with Crippen LogP contribution in [0.1, 0.15) is 16.1 Å². The zero-order valence-corrected chi connectivity index (χ0v) is 11.8. The van der Waals surface area contributed by atoms with Crippen molar-refractivity contribution in [2.24, 2.45) is 5.73 Å². The first kappa shape index (κ1) is 13.3. The summed E-state index contributed by atoms with van der Waals surface area (Å²) in [6, 6.07) is 16.2. The van der Waals surface area contributed by atoms with Gasteiger partial charge in [0.2, 0.25) is 0 Å². The Balaban J connectivity index is 1.85. The van der Waals surface area contributed by atoms with Gasteiger partial charge in [-0.15, -0.1) is 0 Å². The maximum atomic E-state index is 12.2. The van der Waals surface area contributed by atoms with E-state index in [1.165, 1.54) is 0 Å². The van der Waals surface area contributed by atoms with Gasteiger partial charge in [0.15, 0.2) is 5.76 Å². The summed E-state index contributed by atoms with van der Waals surface area (Å²) >= 11 is 4.92. The van der Waals surface area contributed by atoms with Gasteiger partial charge in [-0.05, 0) is 24.3 Å². The number of hydrogen-bond donors (Lipinski definition) is 2. The second kappa shape index (κ2) is 5.38. The predicted molar refractivity (Wildman–Crippen MR) is 86.5 cm³/mol. The number of furan rings is 1. The lowest BCUT2D eigenvalue weighted by molar-refractivity contribution is 0.0998. The van der Waals surface area contributed by atoms with Crippen LogP contribution in [-0.2, 0) is 0 Å². The van der Waals surface area contributed by atoms with Crippen molar-refractivity contribution in [3.8, 4) is 0 Å². The molecular weight excluding hydrogens is 284 g/mol. The van der Waals surface area contributed by atoms with Gasteiger partial charge in [-0.1, -0.05) is 42.5 Å². The Morgan fingerprint density at radius 2 is 1.90 bits per heavy atom. The molecule has 21 heavy (non-hydrogen) atoms. The van der Waals surface area contributed by atoms with Gasteiger partial charge in [0.1, 0.15) is 10.6 Å². The number of nitrogens with two attached hydrogens (primary N) is 1. The molecule has 1 aromatic heterocycles.